The fourth-order valence-electron chi connectivity index (χ4n) is 3.50. The Labute approximate surface area is 160 Å². The van der Waals surface area contributed by atoms with Gasteiger partial charge in [-0.2, -0.15) is 0 Å². The number of nitrogens with one attached hydrogen (secondary N) is 1. The summed E-state index contributed by atoms with van der Waals surface area (Å²) >= 11 is 0. The average Bonchev–Trinajstić information content (AvgIpc) is 2.72. The molecule has 2 aromatic heterocycles. The van der Waals surface area contributed by atoms with Gasteiger partial charge in [-0.3, -0.25) is 14.3 Å². The summed E-state index contributed by atoms with van der Waals surface area (Å²) < 4.78 is 14.6. The molecule has 1 aliphatic rings. The lowest BCUT2D eigenvalue weighted by Gasteiger charge is -2.34. The van der Waals surface area contributed by atoms with Gasteiger partial charge in [0.25, 0.3) is 5.56 Å². The minimum Gasteiger partial charge on any atom is -0.338 e. The highest BCUT2D eigenvalue weighted by atomic mass is 19.1. The number of nitrogens with zero attached hydrogens (tertiary/aromatic N) is 5. The van der Waals surface area contributed by atoms with Gasteiger partial charge in [0, 0.05) is 45.1 Å². The molecule has 1 aromatic carbocycles. The van der Waals surface area contributed by atoms with E-state index in [4.69, 9.17) is 0 Å². The molecule has 0 unspecified atom stereocenters. The molecule has 146 valence electrons. The van der Waals surface area contributed by atoms with E-state index in [0.29, 0.717) is 18.5 Å². The van der Waals surface area contributed by atoms with Crippen LogP contribution >= 0.6 is 0 Å². The van der Waals surface area contributed by atoms with E-state index in [1.807, 2.05) is 0 Å². The normalized spacial score (nSPS) is 15.2. The third-order valence-electron chi connectivity index (χ3n) is 5.01. The van der Waals surface area contributed by atoms with E-state index in [0.717, 1.165) is 49.3 Å². The van der Waals surface area contributed by atoms with E-state index >= 15 is 0 Å². The predicted octanol–water partition coefficient (Wildman–Crippen LogP) is 0.831. The topological polar surface area (TPSA) is 87.1 Å². The van der Waals surface area contributed by atoms with E-state index in [9.17, 15) is 14.0 Å². The Bertz CT molecular complexity index is 1070. The van der Waals surface area contributed by atoms with Gasteiger partial charge in [-0.1, -0.05) is 0 Å². The lowest BCUT2D eigenvalue weighted by Crippen LogP contribution is -2.47. The van der Waals surface area contributed by atoms with Crippen LogP contribution < -0.4 is 16.1 Å². The Morgan fingerprint density at radius 2 is 1.79 bits per heavy atom. The SMILES string of the molecule is O=c1[nH]c2ccc(F)cc2c(=O)n1CCCN1CCN(c2ncccn2)CC1. The number of benzene rings is 1. The Hall–Kier alpha value is -3.07. The quantitative estimate of drug-likeness (QED) is 0.701. The van der Waals surface area contributed by atoms with Crippen molar-refractivity contribution in [1.82, 2.24) is 24.4 Å². The largest absolute Gasteiger partial charge is 0.338 e. The van der Waals surface area contributed by atoms with Crippen LogP contribution in [0.5, 0.6) is 0 Å². The molecular formula is C19H21FN6O2. The van der Waals surface area contributed by atoms with Crippen molar-refractivity contribution in [2.75, 3.05) is 37.6 Å². The molecule has 1 fully saturated rings. The number of aromatic amines is 1. The number of hydrogen-bond donors (Lipinski definition) is 1. The molecule has 28 heavy (non-hydrogen) atoms. The van der Waals surface area contributed by atoms with Crippen molar-refractivity contribution in [1.29, 1.82) is 0 Å². The monoisotopic (exact) mass is 384 g/mol. The molecule has 0 spiro atoms. The second-order valence-corrected chi connectivity index (χ2v) is 6.81. The summed E-state index contributed by atoms with van der Waals surface area (Å²) in [5.74, 6) is 0.243. The summed E-state index contributed by atoms with van der Waals surface area (Å²) in [6, 6.07) is 5.59. The highest BCUT2D eigenvalue weighted by Gasteiger charge is 2.18. The molecule has 0 radical (unpaired) electrons. The molecule has 0 bridgehead atoms. The van der Waals surface area contributed by atoms with E-state index in [-0.39, 0.29) is 5.39 Å². The van der Waals surface area contributed by atoms with Gasteiger partial charge in [0.2, 0.25) is 5.95 Å². The summed E-state index contributed by atoms with van der Waals surface area (Å²) in [5, 5.41) is 0.191. The molecule has 8 nitrogen and oxygen atoms in total. The highest BCUT2D eigenvalue weighted by molar-refractivity contribution is 5.77. The zero-order valence-electron chi connectivity index (χ0n) is 15.3. The van der Waals surface area contributed by atoms with E-state index in [1.54, 1.807) is 18.5 Å². The number of hydrogen-bond acceptors (Lipinski definition) is 6. The molecule has 0 aliphatic carbocycles. The Kier molecular flexibility index (Phi) is 5.16. The standard InChI is InChI=1S/C19H21FN6O2/c20-14-3-4-16-15(13-14)17(27)26(19(28)23-16)8-2-7-24-9-11-25(12-10-24)18-21-5-1-6-22-18/h1,3-6,13H,2,7-12H2,(H,23,28). The van der Waals surface area contributed by atoms with Crippen LogP contribution in [0.25, 0.3) is 10.9 Å². The van der Waals surface area contributed by atoms with E-state index in [1.165, 1.54) is 12.1 Å². The number of anilines is 1. The summed E-state index contributed by atoms with van der Waals surface area (Å²) in [5.41, 5.74) is -0.564. The molecule has 9 heteroatoms. The van der Waals surface area contributed by atoms with Crippen molar-refractivity contribution < 1.29 is 4.39 Å². The summed E-state index contributed by atoms with van der Waals surface area (Å²) in [7, 11) is 0. The number of aromatic nitrogens is 4. The van der Waals surface area contributed by atoms with E-state index in [2.05, 4.69) is 24.8 Å². The first-order valence-electron chi connectivity index (χ1n) is 9.28. The molecule has 0 amide bonds. The van der Waals surface area contributed by atoms with Crippen LogP contribution in [0.3, 0.4) is 0 Å². The fraction of sp³-hybridized carbons (Fsp3) is 0.368. The molecule has 4 rings (SSSR count). The van der Waals surface area contributed by atoms with Crippen molar-refractivity contribution in [2.45, 2.75) is 13.0 Å². The van der Waals surface area contributed by atoms with Crippen LogP contribution in [0.4, 0.5) is 10.3 Å². The van der Waals surface area contributed by atoms with Gasteiger partial charge in [0.15, 0.2) is 0 Å². The van der Waals surface area contributed by atoms with Gasteiger partial charge < -0.3 is 9.88 Å². The molecular weight excluding hydrogens is 363 g/mol. The Morgan fingerprint density at radius 1 is 1.04 bits per heavy atom. The minimum atomic E-state index is -0.497. The van der Waals surface area contributed by atoms with Crippen LogP contribution in [0.2, 0.25) is 0 Å². The highest BCUT2D eigenvalue weighted by Crippen LogP contribution is 2.10. The maximum atomic E-state index is 13.4. The van der Waals surface area contributed by atoms with Crippen molar-refractivity contribution >= 4 is 16.9 Å². The second kappa shape index (κ2) is 7.89. The number of fused-ring (bicyclic) bond motifs is 1. The van der Waals surface area contributed by atoms with Crippen molar-refractivity contribution in [2.24, 2.45) is 0 Å². The van der Waals surface area contributed by atoms with Gasteiger partial charge in [-0.25, -0.2) is 19.2 Å². The van der Waals surface area contributed by atoms with Crippen molar-refractivity contribution in [3.05, 3.63) is 63.3 Å². The van der Waals surface area contributed by atoms with Gasteiger partial charge in [0.1, 0.15) is 5.82 Å². The molecule has 3 aromatic rings. The molecule has 0 saturated carbocycles. The van der Waals surface area contributed by atoms with Gasteiger partial charge in [-0.05, 0) is 37.2 Å². The number of halogens is 1. The van der Waals surface area contributed by atoms with Gasteiger partial charge >= 0.3 is 5.69 Å². The van der Waals surface area contributed by atoms with Crippen LogP contribution in [0.15, 0.2) is 46.2 Å². The molecule has 1 aliphatic heterocycles. The first-order valence-corrected chi connectivity index (χ1v) is 9.28. The van der Waals surface area contributed by atoms with Gasteiger partial charge in [-0.15, -0.1) is 0 Å². The Balaban J connectivity index is 1.36. The molecule has 1 saturated heterocycles. The molecule has 3 heterocycles. The van der Waals surface area contributed by atoms with Crippen LogP contribution in [0.1, 0.15) is 6.42 Å². The maximum Gasteiger partial charge on any atom is 0.328 e. The third-order valence-corrected chi connectivity index (χ3v) is 5.01. The summed E-state index contributed by atoms with van der Waals surface area (Å²) in [4.78, 5) is 40.4. The first kappa shape index (κ1) is 18.3. The fourth-order valence-corrected chi connectivity index (χ4v) is 3.50. The smallest absolute Gasteiger partial charge is 0.328 e. The van der Waals surface area contributed by atoms with Gasteiger partial charge in [0.05, 0.1) is 10.9 Å². The van der Waals surface area contributed by atoms with E-state index < -0.39 is 17.1 Å². The maximum absolute atomic E-state index is 13.4. The van der Waals surface area contributed by atoms with Crippen LogP contribution in [-0.2, 0) is 6.54 Å². The Morgan fingerprint density at radius 3 is 2.54 bits per heavy atom. The molecule has 0 atom stereocenters. The second-order valence-electron chi connectivity index (χ2n) is 6.81. The van der Waals surface area contributed by atoms with Crippen LogP contribution in [-0.4, -0.2) is 57.1 Å². The zero-order valence-corrected chi connectivity index (χ0v) is 15.3. The first-order chi connectivity index (χ1) is 13.6. The lowest BCUT2D eigenvalue weighted by molar-refractivity contribution is 0.248. The lowest BCUT2D eigenvalue weighted by atomic mass is 10.2. The number of piperazine rings is 1. The van der Waals surface area contributed by atoms with Crippen molar-refractivity contribution in [3.8, 4) is 0 Å². The summed E-state index contributed by atoms with van der Waals surface area (Å²) in [6.07, 6.45) is 4.13. The summed E-state index contributed by atoms with van der Waals surface area (Å²) in [6.45, 7) is 4.47. The number of H-pyrrole nitrogens is 1. The van der Waals surface area contributed by atoms with Crippen LogP contribution in [0, 0.1) is 5.82 Å². The third kappa shape index (κ3) is 3.79. The van der Waals surface area contributed by atoms with Crippen molar-refractivity contribution in [3.63, 3.8) is 0 Å². The molecule has 1 N–H and O–H groups in total. The number of rotatable bonds is 5. The average molecular weight is 384 g/mol. The minimum absolute atomic E-state index is 0.191. The zero-order chi connectivity index (χ0) is 19.5. The predicted molar refractivity (Wildman–Crippen MR) is 104 cm³/mol.